The smallest absolute Gasteiger partial charge is 0.222 e. The van der Waals surface area contributed by atoms with Crippen LogP contribution in [0, 0.1) is 6.92 Å². The molecule has 5 heteroatoms. The molecule has 0 radical (unpaired) electrons. The molecule has 116 valence electrons. The van der Waals surface area contributed by atoms with Gasteiger partial charge in [0.05, 0.1) is 12.1 Å². The molecule has 4 rings (SSSR count). The first kappa shape index (κ1) is 14.5. The molecule has 0 bridgehead atoms. The minimum absolute atomic E-state index is 0.178. The van der Waals surface area contributed by atoms with Crippen LogP contribution in [0.2, 0.25) is 0 Å². The van der Waals surface area contributed by atoms with Gasteiger partial charge in [-0.1, -0.05) is 57.9 Å². The lowest BCUT2D eigenvalue weighted by Crippen LogP contribution is -2.28. The summed E-state index contributed by atoms with van der Waals surface area (Å²) in [4.78, 5) is 4.38. The van der Waals surface area contributed by atoms with Gasteiger partial charge in [-0.3, -0.25) is 0 Å². The molecule has 0 saturated carbocycles. The quantitative estimate of drug-likeness (QED) is 0.724. The van der Waals surface area contributed by atoms with E-state index in [1.165, 1.54) is 16.7 Å². The van der Waals surface area contributed by atoms with Crippen molar-refractivity contribution in [2.75, 3.05) is 5.32 Å². The van der Waals surface area contributed by atoms with Gasteiger partial charge < -0.3 is 5.32 Å². The summed E-state index contributed by atoms with van der Waals surface area (Å²) in [5.74, 6) is 0.826. The predicted molar refractivity (Wildman–Crippen MR) is 94.5 cm³/mol. The minimum atomic E-state index is 0.178. The number of aromatic nitrogens is 3. The van der Waals surface area contributed by atoms with Crippen molar-refractivity contribution in [1.29, 1.82) is 0 Å². The molecule has 0 spiro atoms. The fraction of sp³-hybridized carbons (Fsp3) is 0.222. The Morgan fingerprint density at radius 3 is 2.74 bits per heavy atom. The van der Waals surface area contributed by atoms with Gasteiger partial charge in [-0.15, -0.1) is 0 Å². The Bertz CT molecular complexity index is 825. The Hall–Kier alpha value is -2.14. The summed E-state index contributed by atoms with van der Waals surface area (Å²) < 4.78 is 3.06. The van der Waals surface area contributed by atoms with E-state index in [-0.39, 0.29) is 12.1 Å². The number of anilines is 1. The zero-order valence-electron chi connectivity index (χ0n) is 12.8. The summed E-state index contributed by atoms with van der Waals surface area (Å²) in [5.41, 5.74) is 3.80. The number of hydrogen-bond acceptors (Lipinski definition) is 3. The van der Waals surface area contributed by atoms with Crippen LogP contribution in [0.25, 0.3) is 0 Å². The zero-order chi connectivity index (χ0) is 15.8. The SMILES string of the molecule is Cc1ccc(C2CC(c3cccc(Br)c3)n3ncnc3N2)cc1. The van der Waals surface area contributed by atoms with E-state index in [1.54, 1.807) is 6.33 Å². The van der Waals surface area contributed by atoms with Crippen molar-refractivity contribution in [2.24, 2.45) is 0 Å². The Morgan fingerprint density at radius 2 is 1.96 bits per heavy atom. The zero-order valence-corrected chi connectivity index (χ0v) is 14.4. The molecule has 0 saturated heterocycles. The average Bonchev–Trinajstić information content (AvgIpc) is 3.03. The molecule has 0 amide bonds. The highest BCUT2D eigenvalue weighted by Crippen LogP contribution is 2.37. The lowest BCUT2D eigenvalue weighted by atomic mass is 9.93. The second-order valence-electron chi connectivity index (χ2n) is 5.94. The summed E-state index contributed by atoms with van der Waals surface area (Å²) in [6.07, 6.45) is 2.56. The van der Waals surface area contributed by atoms with Gasteiger partial charge in [0, 0.05) is 4.47 Å². The molecule has 2 unspecified atom stereocenters. The Labute approximate surface area is 143 Å². The molecule has 2 heterocycles. The van der Waals surface area contributed by atoms with Crippen LogP contribution in [0.1, 0.15) is 35.2 Å². The monoisotopic (exact) mass is 368 g/mol. The fourth-order valence-electron chi connectivity index (χ4n) is 3.13. The molecule has 4 nitrogen and oxygen atoms in total. The minimum Gasteiger partial charge on any atom is -0.348 e. The van der Waals surface area contributed by atoms with E-state index in [0.717, 1.165) is 16.8 Å². The van der Waals surface area contributed by atoms with Gasteiger partial charge in [0.2, 0.25) is 5.95 Å². The highest BCUT2D eigenvalue weighted by atomic mass is 79.9. The number of halogens is 1. The van der Waals surface area contributed by atoms with Gasteiger partial charge in [0.25, 0.3) is 0 Å². The molecule has 2 aromatic carbocycles. The van der Waals surface area contributed by atoms with E-state index in [1.807, 2.05) is 10.7 Å². The van der Waals surface area contributed by atoms with E-state index in [2.05, 4.69) is 80.7 Å². The summed E-state index contributed by atoms with van der Waals surface area (Å²) in [5, 5.41) is 7.92. The van der Waals surface area contributed by atoms with Crippen LogP contribution in [0.3, 0.4) is 0 Å². The first-order chi connectivity index (χ1) is 11.2. The van der Waals surface area contributed by atoms with Crippen LogP contribution in [-0.4, -0.2) is 14.8 Å². The standard InChI is InChI=1S/C18H17BrN4/c1-12-5-7-13(8-6-12)16-10-17(14-3-2-4-15(19)9-14)23-18(22-16)20-11-21-23/h2-9,11,16-17H,10H2,1H3,(H,20,21,22). The number of nitrogens with one attached hydrogen (secondary N) is 1. The highest BCUT2D eigenvalue weighted by molar-refractivity contribution is 9.10. The second-order valence-corrected chi connectivity index (χ2v) is 6.86. The molecule has 3 aromatic rings. The number of fused-ring (bicyclic) bond motifs is 1. The third-order valence-corrected chi connectivity index (χ3v) is 4.84. The number of benzene rings is 2. The van der Waals surface area contributed by atoms with Crippen molar-refractivity contribution in [2.45, 2.75) is 25.4 Å². The third kappa shape index (κ3) is 2.77. The maximum atomic E-state index is 4.41. The van der Waals surface area contributed by atoms with Crippen molar-refractivity contribution >= 4 is 21.9 Å². The third-order valence-electron chi connectivity index (χ3n) is 4.34. The molecule has 0 aliphatic carbocycles. The van der Waals surface area contributed by atoms with Crippen molar-refractivity contribution in [1.82, 2.24) is 14.8 Å². The largest absolute Gasteiger partial charge is 0.348 e. The summed E-state index contributed by atoms with van der Waals surface area (Å²) in [6, 6.07) is 17.5. The van der Waals surface area contributed by atoms with Gasteiger partial charge in [-0.05, 0) is 36.6 Å². The van der Waals surface area contributed by atoms with Gasteiger partial charge in [-0.25, -0.2) is 4.68 Å². The Morgan fingerprint density at radius 1 is 1.13 bits per heavy atom. The molecule has 1 aromatic heterocycles. The van der Waals surface area contributed by atoms with Gasteiger partial charge in [-0.2, -0.15) is 10.1 Å². The van der Waals surface area contributed by atoms with Crippen LogP contribution >= 0.6 is 15.9 Å². The maximum absolute atomic E-state index is 4.41. The molecule has 1 aliphatic heterocycles. The summed E-state index contributed by atoms with van der Waals surface area (Å²) in [7, 11) is 0. The van der Waals surface area contributed by atoms with Crippen LogP contribution in [-0.2, 0) is 0 Å². The van der Waals surface area contributed by atoms with Gasteiger partial charge in [0.1, 0.15) is 6.33 Å². The van der Waals surface area contributed by atoms with Crippen LogP contribution in [0.5, 0.6) is 0 Å². The number of hydrogen-bond donors (Lipinski definition) is 1. The van der Waals surface area contributed by atoms with Crippen molar-refractivity contribution < 1.29 is 0 Å². The molecule has 0 fully saturated rings. The van der Waals surface area contributed by atoms with Crippen LogP contribution < -0.4 is 5.32 Å². The number of aryl methyl sites for hydroxylation is 1. The van der Waals surface area contributed by atoms with E-state index >= 15 is 0 Å². The molecule has 1 aliphatic rings. The topological polar surface area (TPSA) is 42.7 Å². The molecular weight excluding hydrogens is 352 g/mol. The highest BCUT2D eigenvalue weighted by Gasteiger charge is 2.29. The number of rotatable bonds is 2. The van der Waals surface area contributed by atoms with Crippen molar-refractivity contribution in [3.63, 3.8) is 0 Å². The predicted octanol–water partition coefficient (Wildman–Crippen LogP) is 4.50. The van der Waals surface area contributed by atoms with E-state index in [0.29, 0.717) is 0 Å². The van der Waals surface area contributed by atoms with E-state index in [4.69, 9.17) is 0 Å². The maximum Gasteiger partial charge on any atom is 0.222 e. The Kier molecular flexibility index (Phi) is 3.65. The van der Waals surface area contributed by atoms with Crippen molar-refractivity contribution in [3.8, 4) is 0 Å². The van der Waals surface area contributed by atoms with Crippen LogP contribution in [0.15, 0.2) is 59.3 Å². The van der Waals surface area contributed by atoms with Crippen LogP contribution in [0.4, 0.5) is 5.95 Å². The first-order valence-corrected chi connectivity index (χ1v) is 8.48. The Balaban J connectivity index is 1.73. The lowest BCUT2D eigenvalue weighted by molar-refractivity contribution is 0.430. The van der Waals surface area contributed by atoms with E-state index in [9.17, 15) is 0 Å². The molecule has 2 atom stereocenters. The average molecular weight is 369 g/mol. The second kappa shape index (κ2) is 5.81. The summed E-state index contributed by atoms with van der Waals surface area (Å²) >= 11 is 3.57. The molecule has 1 N–H and O–H groups in total. The molecule has 23 heavy (non-hydrogen) atoms. The lowest BCUT2D eigenvalue weighted by Gasteiger charge is -2.32. The first-order valence-electron chi connectivity index (χ1n) is 7.69. The number of nitrogens with zero attached hydrogens (tertiary/aromatic N) is 3. The van der Waals surface area contributed by atoms with E-state index < -0.39 is 0 Å². The van der Waals surface area contributed by atoms with Gasteiger partial charge in [0.15, 0.2) is 0 Å². The summed E-state index contributed by atoms with van der Waals surface area (Å²) in [6.45, 7) is 2.11. The normalized spacial score (nSPS) is 19.9. The fourth-order valence-corrected chi connectivity index (χ4v) is 3.55. The van der Waals surface area contributed by atoms with Gasteiger partial charge >= 0.3 is 0 Å². The molecular formula is C18H17BrN4. The van der Waals surface area contributed by atoms with Crippen molar-refractivity contribution in [3.05, 3.63) is 76.0 Å².